The molecule has 0 aliphatic carbocycles. The van der Waals surface area contributed by atoms with Crippen molar-refractivity contribution in [3.63, 3.8) is 0 Å². The number of carbonyl (C=O) groups excluding carboxylic acids is 1. The van der Waals surface area contributed by atoms with Crippen molar-refractivity contribution in [2.75, 3.05) is 0 Å². The van der Waals surface area contributed by atoms with Crippen molar-refractivity contribution in [1.82, 2.24) is 0 Å². The summed E-state index contributed by atoms with van der Waals surface area (Å²) >= 11 is 11.4. The Bertz CT molecular complexity index is 633. The van der Waals surface area contributed by atoms with E-state index in [1.54, 1.807) is 0 Å². The summed E-state index contributed by atoms with van der Waals surface area (Å²) in [4.78, 5) is 22.8. The van der Waals surface area contributed by atoms with Gasteiger partial charge in [-0.05, 0) is 64.2 Å². The highest BCUT2D eigenvalue weighted by atomic mass is 35.5. The van der Waals surface area contributed by atoms with E-state index in [1.807, 2.05) is 45.0 Å². The summed E-state index contributed by atoms with van der Waals surface area (Å²) in [5.41, 5.74) is 1.35. The highest BCUT2D eigenvalue weighted by molar-refractivity contribution is 6.57. The average molecular weight is 445 g/mol. The van der Waals surface area contributed by atoms with Crippen LogP contribution in [0.1, 0.15) is 94.5 Å². The zero-order valence-corrected chi connectivity index (χ0v) is 19.3. The van der Waals surface area contributed by atoms with E-state index in [0.717, 1.165) is 38.5 Å². The van der Waals surface area contributed by atoms with Gasteiger partial charge in [-0.1, -0.05) is 73.9 Å². The van der Waals surface area contributed by atoms with Crippen molar-refractivity contribution in [3.8, 4) is 0 Å². The van der Waals surface area contributed by atoms with Crippen LogP contribution in [0.4, 0.5) is 0 Å². The van der Waals surface area contributed by atoms with Crippen LogP contribution >= 0.6 is 23.2 Å². The lowest BCUT2D eigenvalue weighted by molar-refractivity contribution is -0.138. The third-order valence-corrected chi connectivity index (χ3v) is 5.31. The lowest BCUT2D eigenvalue weighted by Gasteiger charge is -2.19. The first-order valence-corrected chi connectivity index (χ1v) is 11.2. The highest BCUT2D eigenvalue weighted by Crippen LogP contribution is 2.28. The molecule has 0 unspecified atom stereocenters. The van der Waals surface area contributed by atoms with Gasteiger partial charge in [0.05, 0.1) is 5.56 Å². The van der Waals surface area contributed by atoms with Gasteiger partial charge in [0.1, 0.15) is 5.60 Å². The molecule has 1 rings (SSSR count). The number of alkyl halides is 2. The molecule has 1 N–H and O–H groups in total. The zero-order valence-electron chi connectivity index (χ0n) is 17.8. The summed E-state index contributed by atoms with van der Waals surface area (Å²) in [6.45, 7) is 5.59. The molecule has 0 fully saturated rings. The molecular formula is C23H34Cl2O4. The topological polar surface area (TPSA) is 63.6 Å². The maximum atomic E-state index is 12.0. The number of hydrogen-bond acceptors (Lipinski definition) is 3. The Balaban J connectivity index is 2.09. The summed E-state index contributed by atoms with van der Waals surface area (Å²) in [6, 6.07) is 7.68. The molecule has 4 nitrogen and oxygen atoms in total. The van der Waals surface area contributed by atoms with Crippen LogP contribution in [0, 0.1) is 0 Å². The minimum absolute atomic E-state index is 0.283. The van der Waals surface area contributed by atoms with Gasteiger partial charge in [0, 0.05) is 0 Å². The summed E-state index contributed by atoms with van der Waals surface area (Å²) in [7, 11) is 0. The number of carboxylic acid groups (broad SMARTS) is 1. The van der Waals surface area contributed by atoms with Crippen LogP contribution in [0.3, 0.4) is 0 Å². The van der Waals surface area contributed by atoms with Gasteiger partial charge in [0.25, 0.3) is 0 Å². The lowest BCUT2D eigenvalue weighted by Crippen LogP contribution is -2.25. The Morgan fingerprint density at radius 1 is 0.862 bits per heavy atom. The van der Waals surface area contributed by atoms with Crippen LogP contribution in [0.2, 0.25) is 0 Å². The van der Waals surface area contributed by atoms with Crippen LogP contribution in [0.25, 0.3) is 0 Å². The molecule has 0 aromatic heterocycles. The SMILES string of the molecule is CC(C)(C)OC(=O)c1ccc(CCCCCCCCCCC(Cl)(Cl)C(=O)O)cc1. The van der Waals surface area contributed by atoms with E-state index in [4.69, 9.17) is 33.0 Å². The number of carboxylic acids is 1. The maximum Gasteiger partial charge on any atom is 0.340 e. The number of ether oxygens (including phenoxy) is 1. The van der Waals surface area contributed by atoms with E-state index < -0.39 is 15.9 Å². The van der Waals surface area contributed by atoms with E-state index in [0.29, 0.717) is 5.56 Å². The van der Waals surface area contributed by atoms with Crippen LogP contribution in [0.15, 0.2) is 24.3 Å². The minimum atomic E-state index is -1.65. The van der Waals surface area contributed by atoms with Gasteiger partial charge in [0.2, 0.25) is 4.33 Å². The van der Waals surface area contributed by atoms with Crippen LogP contribution in [-0.4, -0.2) is 27.0 Å². The summed E-state index contributed by atoms with van der Waals surface area (Å²) in [5.74, 6) is -1.45. The summed E-state index contributed by atoms with van der Waals surface area (Å²) in [5, 5.41) is 8.84. The standard InChI is InChI=1S/C23H34Cl2O4/c1-22(2,3)29-20(26)19-15-13-18(14-16-19)12-10-8-6-4-5-7-9-11-17-23(24,25)21(27)28/h13-16H,4-12,17H2,1-3H3,(H,27,28). The second kappa shape index (κ2) is 12.4. The Labute approximate surface area is 184 Å². The third kappa shape index (κ3) is 11.5. The number of unbranched alkanes of at least 4 members (excludes halogenated alkanes) is 7. The number of aryl methyl sites for hydroxylation is 1. The Morgan fingerprint density at radius 3 is 1.83 bits per heavy atom. The van der Waals surface area contributed by atoms with E-state index in [9.17, 15) is 9.59 Å². The predicted octanol–water partition coefficient (Wildman–Crippen LogP) is 6.95. The first-order valence-electron chi connectivity index (χ1n) is 10.4. The first kappa shape index (κ1) is 25.8. The van der Waals surface area contributed by atoms with E-state index >= 15 is 0 Å². The Morgan fingerprint density at radius 2 is 1.34 bits per heavy atom. The largest absolute Gasteiger partial charge is 0.479 e. The molecule has 6 heteroatoms. The third-order valence-electron chi connectivity index (χ3n) is 4.61. The number of benzene rings is 1. The number of carbonyl (C=O) groups is 2. The molecule has 29 heavy (non-hydrogen) atoms. The van der Waals surface area contributed by atoms with Gasteiger partial charge in [-0.3, -0.25) is 0 Å². The van der Waals surface area contributed by atoms with Gasteiger partial charge in [-0.2, -0.15) is 0 Å². The zero-order chi connectivity index (χ0) is 21.9. The van der Waals surface area contributed by atoms with E-state index in [1.165, 1.54) is 24.8 Å². The molecule has 0 heterocycles. The minimum Gasteiger partial charge on any atom is -0.479 e. The smallest absolute Gasteiger partial charge is 0.340 e. The predicted molar refractivity (Wildman–Crippen MR) is 119 cm³/mol. The number of halogens is 2. The summed E-state index contributed by atoms with van der Waals surface area (Å²) < 4.78 is 3.73. The van der Waals surface area contributed by atoms with Crippen LogP contribution < -0.4 is 0 Å². The van der Waals surface area contributed by atoms with Crippen LogP contribution in [-0.2, 0) is 16.0 Å². The number of esters is 1. The molecule has 0 aliphatic rings. The molecule has 0 spiro atoms. The van der Waals surface area contributed by atoms with Crippen LogP contribution in [0.5, 0.6) is 0 Å². The fourth-order valence-electron chi connectivity index (χ4n) is 2.99. The quantitative estimate of drug-likeness (QED) is 0.203. The van der Waals surface area contributed by atoms with Gasteiger partial charge < -0.3 is 9.84 Å². The Hall–Kier alpha value is -1.26. The van der Waals surface area contributed by atoms with Gasteiger partial charge in [0.15, 0.2) is 0 Å². The van der Waals surface area contributed by atoms with Crippen molar-refractivity contribution in [3.05, 3.63) is 35.4 Å². The molecule has 0 bridgehead atoms. The van der Waals surface area contributed by atoms with Crippen molar-refractivity contribution in [2.45, 2.75) is 94.9 Å². The van der Waals surface area contributed by atoms with Gasteiger partial charge in [-0.15, -0.1) is 0 Å². The molecule has 0 radical (unpaired) electrons. The Kier molecular flexibility index (Phi) is 11.1. The van der Waals surface area contributed by atoms with Crippen molar-refractivity contribution in [2.24, 2.45) is 0 Å². The molecule has 0 saturated carbocycles. The fraction of sp³-hybridized carbons (Fsp3) is 0.652. The molecular weight excluding hydrogens is 411 g/mol. The summed E-state index contributed by atoms with van der Waals surface area (Å²) in [6.07, 6.45) is 9.91. The monoisotopic (exact) mass is 444 g/mol. The second-order valence-electron chi connectivity index (χ2n) is 8.54. The van der Waals surface area contributed by atoms with Gasteiger partial charge >= 0.3 is 11.9 Å². The molecule has 0 aliphatic heterocycles. The van der Waals surface area contributed by atoms with Gasteiger partial charge in [-0.25, -0.2) is 9.59 Å². The van der Waals surface area contributed by atoms with Crippen molar-refractivity contribution < 1.29 is 19.4 Å². The second-order valence-corrected chi connectivity index (χ2v) is 10.0. The maximum absolute atomic E-state index is 12.0. The number of rotatable bonds is 13. The highest BCUT2D eigenvalue weighted by Gasteiger charge is 2.32. The molecule has 1 aromatic carbocycles. The molecule has 1 aromatic rings. The van der Waals surface area contributed by atoms with E-state index in [-0.39, 0.29) is 12.4 Å². The van der Waals surface area contributed by atoms with Crippen molar-refractivity contribution >= 4 is 35.1 Å². The number of hydrogen-bond donors (Lipinski definition) is 1. The molecule has 0 atom stereocenters. The molecule has 164 valence electrons. The van der Waals surface area contributed by atoms with E-state index in [2.05, 4.69) is 0 Å². The molecule has 0 saturated heterocycles. The lowest BCUT2D eigenvalue weighted by atomic mass is 10.0. The number of aliphatic carboxylic acids is 1. The molecule has 0 amide bonds. The van der Waals surface area contributed by atoms with Crippen molar-refractivity contribution in [1.29, 1.82) is 0 Å². The first-order chi connectivity index (χ1) is 13.5. The fourth-order valence-corrected chi connectivity index (χ4v) is 3.26. The average Bonchev–Trinajstić information content (AvgIpc) is 2.62. The normalized spacial score (nSPS) is 12.0.